The molecule has 1 N–H and O–H groups in total. The van der Waals surface area contributed by atoms with Crippen LogP contribution in [0, 0.1) is 19.8 Å². The third-order valence-electron chi connectivity index (χ3n) is 3.76. The molecule has 1 aromatic heterocycles. The van der Waals surface area contributed by atoms with Gasteiger partial charge in [-0.2, -0.15) is 0 Å². The minimum Gasteiger partial charge on any atom is -0.351 e. The number of nitrogens with one attached hydrogen (secondary N) is 1. The molecule has 1 fully saturated rings. The number of rotatable bonds is 2. The Bertz CT molecular complexity index is 383. The Hall–Kier alpha value is -0.830. The summed E-state index contributed by atoms with van der Waals surface area (Å²) in [6.45, 7) is 6.21. The van der Waals surface area contributed by atoms with E-state index in [-0.39, 0.29) is 0 Å². The zero-order chi connectivity index (χ0) is 12.4. The van der Waals surface area contributed by atoms with Crippen LogP contribution in [0.2, 0.25) is 5.15 Å². The minimum atomic E-state index is 0.488. The summed E-state index contributed by atoms with van der Waals surface area (Å²) in [6.07, 6.45) is 5.12. The Morgan fingerprint density at radius 2 is 1.88 bits per heavy atom. The van der Waals surface area contributed by atoms with Gasteiger partial charge >= 0.3 is 0 Å². The van der Waals surface area contributed by atoms with Crippen LogP contribution < -0.4 is 5.32 Å². The van der Waals surface area contributed by atoms with E-state index < -0.39 is 0 Å². The van der Waals surface area contributed by atoms with Crippen LogP contribution in [-0.2, 0) is 0 Å². The van der Waals surface area contributed by atoms with Gasteiger partial charge in [0.2, 0.25) is 5.95 Å². The predicted molar refractivity (Wildman–Crippen MR) is 71.6 cm³/mol. The predicted octanol–water partition coefficient (Wildman–Crippen LogP) is 3.74. The number of aromatic nitrogens is 2. The molecule has 1 heterocycles. The molecule has 0 amide bonds. The standard InChI is InChI=1S/C13H20ClN3/c1-8-6-4-5-7-11(8)16-13-15-10(3)9(2)12(14)17-13/h8,11H,4-7H2,1-3H3,(H,15,16,17). The van der Waals surface area contributed by atoms with E-state index in [1.54, 1.807) is 0 Å². The van der Waals surface area contributed by atoms with Crippen LogP contribution in [0.3, 0.4) is 0 Å². The Morgan fingerprint density at radius 1 is 1.18 bits per heavy atom. The zero-order valence-electron chi connectivity index (χ0n) is 10.8. The third kappa shape index (κ3) is 2.89. The second kappa shape index (κ2) is 5.21. The number of hydrogen-bond acceptors (Lipinski definition) is 3. The van der Waals surface area contributed by atoms with Crippen LogP contribution in [0.15, 0.2) is 0 Å². The van der Waals surface area contributed by atoms with Crippen molar-refractivity contribution in [3.8, 4) is 0 Å². The average molecular weight is 254 g/mol. The second-order valence-electron chi connectivity index (χ2n) is 5.06. The lowest BCUT2D eigenvalue weighted by Crippen LogP contribution is -2.31. The van der Waals surface area contributed by atoms with Gasteiger partial charge in [-0.1, -0.05) is 31.4 Å². The maximum absolute atomic E-state index is 6.08. The van der Waals surface area contributed by atoms with Gasteiger partial charge in [0, 0.05) is 17.3 Å². The van der Waals surface area contributed by atoms with E-state index in [9.17, 15) is 0 Å². The molecule has 4 heteroatoms. The van der Waals surface area contributed by atoms with Crippen molar-refractivity contribution in [2.75, 3.05) is 5.32 Å². The Kier molecular flexibility index (Phi) is 3.87. The van der Waals surface area contributed by atoms with Gasteiger partial charge in [0.1, 0.15) is 5.15 Å². The number of hydrogen-bond donors (Lipinski definition) is 1. The van der Waals surface area contributed by atoms with Crippen LogP contribution in [0.25, 0.3) is 0 Å². The topological polar surface area (TPSA) is 37.8 Å². The van der Waals surface area contributed by atoms with Gasteiger partial charge in [0.05, 0.1) is 0 Å². The lowest BCUT2D eigenvalue weighted by Gasteiger charge is -2.29. The lowest BCUT2D eigenvalue weighted by atomic mass is 9.86. The van der Waals surface area contributed by atoms with E-state index in [0.717, 1.165) is 11.3 Å². The average Bonchev–Trinajstić information content (AvgIpc) is 2.29. The first kappa shape index (κ1) is 12.6. The molecule has 0 aliphatic heterocycles. The molecule has 94 valence electrons. The van der Waals surface area contributed by atoms with Crippen molar-refractivity contribution in [3.63, 3.8) is 0 Å². The van der Waals surface area contributed by atoms with E-state index in [1.807, 2.05) is 13.8 Å². The van der Waals surface area contributed by atoms with Gasteiger partial charge in [-0.15, -0.1) is 0 Å². The highest BCUT2D eigenvalue weighted by atomic mass is 35.5. The largest absolute Gasteiger partial charge is 0.351 e. The summed E-state index contributed by atoms with van der Waals surface area (Å²) >= 11 is 6.08. The first-order valence-electron chi connectivity index (χ1n) is 6.35. The Morgan fingerprint density at radius 3 is 2.53 bits per heavy atom. The number of aryl methyl sites for hydroxylation is 1. The van der Waals surface area contributed by atoms with Crippen LogP contribution in [0.5, 0.6) is 0 Å². The van der Waals surface area contributed by atoms with E-state index in [2.05, 4.69) is 22.2 Å². The van der Waals surface area contributed by atoms with Crippen molar-refractivity contribution in [2.45, 2.75) is 52.5 Å². The summed E-state index contributed by atoms with van der Waals surface area (Å²) in [4.78, 5) is 8.76. The molecule has 0 spiro atoms. The first-order chi connectivity index (χ1) is 8.08. The molecule has 2 atom stereocenters. The van der Waals surface area contributed by atoms with Crippen LogP contribution in [0.4, 0.5) is 5.95 Å². The maximum atomic E-state index is 6.08. The summed E-state index contributed by atoms with van der Waals surface area (Å²) < 4.78 is 0. The molecular weight excluding hydrogens is 234 g/mol. The van der Waals surface area contributed by atoms with Crippen LogP contribution >= 0.6 is 11.6 Å². The first-order valence-corrected chi connectivity index (χ1v) is 6.73. The van der Waals surface area contributed by atoms with Crippen molar-refractivity contribution in [1.82, 2.24) is 9.97 Å². The van der Waals surface area contributed by atoms with Crippen molar-refractivity contribution >= 4 is 17.5 Å². The number of anilines is 1. The maximum Gasteiger partial charge on any atom is 0.224 e. The SMILES string of the molecule is Cc1nc(NC2CCCCC2C)nc(Cl)c1C. The van der Waals surface area contributed by atoms with Crippen molar-refractivity contribution < 1.29 is 0 Å². The molecule has 2 unspecified atom stereocenters. The fourth-order valence-electron chi connectivity index (χ4n) is 2.35. The monoisotopic (exact) mass is 253 g/mol. The molecule has 1 aromatic rings. The molecule has 0 bridgehead atoms. The lowest BCUT2D eigenvalue weighted by molar-refractivity contribution is 0.348. The molecule has 3 nitrogen and oxygen atoms in total. The molecular formula is C13H20ClN3. The smallest absolute Gasteiger partial charge is 0.224 e. The van der Waals surface area contributed by atoms with Crippen molar-refractivity contribution in [3.05, 3.63) is 16.4 Å². The molecule has 2 rings (SSSR count). The molecule has 0 aromatic carbocycles. The van der Waals surface area contributed by atoms with Crippen LogP contribution in [0.1, 0.15) is 43.9 Å². The quantitative estimate of drug-likeness (QED) is 0.816. The molecule has 0 radical (unpaired) electrons. The second-order valence-corrected chi connectivity index (χ2v) is 5.42. The van der Waals surface area contributed by atoms with Gasteiger partial charge in [-0.25, -0.2) is 9.97 Å². The summed E-state index contributed by atoms with van der Waals surface area (Å²) in [6, 6.07) is 0.488. The van der Waals surface area contributed by atoms with Gasteiger partial charge in [0.15, 0.2) is 0 Å². The summed E-state index contributed by atoms with van der Waals surface area (Å²) in [5.74, 6) is 1.37. The summed E-state index contributed by atoms with van der Waals surface area (Å²) in [5.41, 5.74) is 1.92. The van der Waals surface area contributed by atoms with Gasteiger partial charge < -0.3 is 5.32 Å². The molecule has 17 heavy (non-hydrogen) atoms. The summed E-state index contributed by atoms with van der Waals surface area (Å²) in [7, 11) is 0. The zero-order valence-corrected chi connectivity index (χ0v) is 11.5. The fraction of sp³-hybridized carbons (Fsp3) is 0.692. The third-order valence-corrected chi connectivity index (χ3v) is 4.12. The highest BCUT2D eigenvalue weighted by Gasteiger charge is 2.22. The Labute approximate surface area is 108 Å². The van der Waals surface area contributed by atoms with Crippen molar-refractivity contribution in [2.24, 2.45) is 5.92 Å². The van der Waals surface area contributed by atoms with E-state index in [4.69, 9.17) is 11.6 Å². The van der Waals surface area contributed by atoms with Crippen molar-refractivity contribution in [1.29, 1.82) is 0 Å². The summed E-state index contributed by atoms with van der Waals surface area (Å²) in [5, 5.41) is 3.99. The Balaban J connectivity index is 2.12. The number of halogens is 1. The normalized spacial score (nSPS) is 24.7. The van der Waals surface area contributed by atoms with Gasteiger partial charge in [0.25, 0.3) is 0 Å². The van der Waals surface area contributed by atoms with E-state index >= 15 is 0 Å². The highest BCUT2D eigenvalue weighted by Crippen LogP contribution is 2.26. The van der Waals surface area contributed by atoms with Gasteiger partial charge in [-0.3, -0.25) is 0 Å². The van der Waals surface area contributed by atoms with Gasteiger partial charge in [-0.05, 0) is 32.6 Å². The number of nitrogens with zero attached hydrogens (tertiary/aromatic N) is 2. The molecule has 0 saturated heterocycles. The highest BCUT2D eigenvalue weighted by molar-refractivity contribution is 6.30. The fourth-order valence-corrected chi connectivity index (χ4v) is 2.57. The van der Waals surface area contributed by atoms with E-state index in [1.165, 1.54) is 25.7 Å². The molecule has 1 aliphatic carbocycles. The minimum absolute atomic E-state index is 0.488. The van der Waals surface area contributed by atoms with E-state index in [0.29, 0.717) is 23.1 Å². The van der Waals surface area contributed by atoms with Crippen LogP contribution in [-0.4, -0.2) is 16.0 Å². The molecule has 1 saturated carbocycles. The molecule has 1 aliphatic rings.